The van der Waals surface area contributed by atoms with Crippen molar-refractivity contribution in [3.8, 4) is 0 Å². The molecule has 0 bridgehead atoms. The first-order valence-electron chi connectivity index (χ1n) is 12.9. The average Bonchev–Trinajstić information content (AvgIpc) is 3.24. The van der Waals surface area contributed by atoms with Crippen LogP contribution in [0.15, 0.2) is 40.8 Å². The van der Waals surface area contributed by atoms with Crippen molar-refractivity contribution in [3.05, 3.63) is 41.5 Å². The van der Waals surface area contributed by atoms with Crippen molar-refractivity contribution in [1.29, 1.82) is 0 Å². The van der Waals surface area contributed by atoms with Crippen LogP contribution in [0.5, 0.6) is 0 Å². The third-order valence-corrected chi connectivity index (χ3v) is 11.9. The summed E-state index contributed by atoms with van der Waals surface area (Å²) in [6.45, 7) is 12.3. The topological polar surface area (TPSA) is 52.6 Å². The van der Waals surface area contributed by atoms with Crippen molar-refractivity contribution >= 4 is 32.4 Å². The number of aryl methyl sites for hydroxylation is 1. The van der Waals surface area contributed by atoms with Gasteiger partial charge in [-0.3, -0.25) is 0 Å². The van der Waals surface area contributed by atoms with Gasteiger partial charge in [-0.2, -0.15) is 0 Å². The lowest BCUT2D eigenvalue weighted by Gasteiger charge is -2.53. The highest BCUT2D eigenvalue weighted by molar-refractivity contribution is 14.1. The van der Waals surface area contributed by atoms with Crippen LogP contribution in [0.1, 0.15) is 52.5 Å². The van der Waals surface area contributed by atoms with Gasteiger partial charge in [0.05, 0.1) is 23.9 Å². The van der Waals surface area contributed by atoms with Crippen LogP contribution in [0.25, 0.3) is 0 Å². The van der Waals surface area contributed by atoms with Gasteiger partial charge in [-0.1, -0.05) is 72.7 Å². The second-order valence-electron chi connectivity index (χ2n) is 11.4. The summed E-state index contributed by atoms with van der Waals surface area (Å²) in [6.07, 6.45) is 5.31. The first-order valence-corrected chi connectivity index (χ1v) is 16.0. The zero-order valence-corrected chi connectivity index (χ0v) is 24.3. The lowest BCUT2D eigenvalue weighted by molar-refractivity contribution is -0.216. The summed E-state index contributed by atoms with van der Waals surface area (Å²) in [7, 11) is -3.37. The molecule has 3 aliphatic rings. The van der Waals surface area contributed by atoms with Gasteiger partial charge < -0.3 is 9.47 Å². The van der Waals surface area contributed by atoms with Gasteiger partial charge in [-0.25, -0.2) is 8.42 Å². The van der Waals surface area contributed by atoms with E-state index in [1.54, 1.807) is 12.1 Å². The quantitative estimate of drug-likeness (QED) is 0.205. The molecule has 1 spiro atoms. The Morgan fingerprint density at radius 2 is 1.68 bits per heavy atom. The molecule has 1 heterocycles. The molecule has 34 heavy (non-hydrogen) atoms. The summed E-state index contributed by atoms with van der Waals surface area (Å²) in [5, 5.41) is 0. The highest BCUT2D eigenvalue weighted by Crippen LogP contribution is 2.55. The smallest absolute Gasteiger partial charge is 0.178 e. The number of benzene rings is 1. The number of allylic oxidation sites excluding steroid dienone is 2. The first-order chi connectivity index (χ1) is 16.0. The van der Waals surface area contributed by atoms with Gasteiger partial charge in [0, 0.05) is 17.3 Å². The molecule has 2 fully saturated rings. The Hall–Kier alpha value is -0.440. The molecule has 1 aromatic rings. The Bertz CT molecular complexity index is 978. The van der Waals surface area contributed by atoms with Crippen LogP contribution in [0.2, 0.25) is 0 Å². The predicted octanol–water partition coefficient (Wildman–Crippen LogP) is 6.46. The second kappa shape index (κ2) is 10.5. The molecule has 190 valence electrons. The molecule has 6 atom stereocenters. The molecule has 0 unspecified atom stereocenters. The van der Waals surface area contributed by atoms with E-state index >= 15 is 0 Å². The zero-order chi connectivity index (χ0) is 24.7. The molecule has 0 N–H and O–H groups in total. The minimum atomic E-state index is -3.37. The van der Waals surface area contributed by atoms with Crippen molar-refractivity contribution in [2.24, 2.45) is 41.4 Å². The molecule has 6 heteroatoms. The highest BCUT2D eigenvalue weighted by Gasteiger charge is 2.54. The summed E-state index contributed by atoms with van der Waals surface area (Å²) < 4.78 is 40.8. The van der Waals surface area contributed by atoms with Gasteiger partial charge in [0.25, 0.3) is 0 Å². The normalized spacial score (nSPS) is 30.7. The molecule has 1 saturated heterocycles. The number of ether oxygens (including phenoxy) is 2. The molecule has 1 saturated carbocycles. The van der Waals surface area contributed by atoms with E-state index in [4.69, 9.17) is 9.47 Å². The Labute approximate surface area is 220 Å². The van der Waals surface area contributed by atoms with Crippen molar-refractivity contribution in [1.82, 2.24) is 0 Å². The van der Waals surface area contributed by atoms with E-state index in [2.05, 4.69) is 56.4 Å². The maximum absolute atomic E-state index is 13.5. The number of rotatable bonds is 7. The van der Waals surface area contributed by atoms with Gasteiger partial charge in [0.2, 0.25) is 0 Å². The van der Waals surface area contributed by atoms with Gasteiger partial charge in [0.1, 0.15) is 0 Å². The lowest BCUT2D eigenvalue weighted by Crippen LogP contribution is -2.51. The fraction of sp³-hybridized carbons (Fsp3) is 0.714. The minimum Gasteiger partial charge on any atom is -0.348 e. The number of alkyl halides is 1. The molecule has 1 aliphatic heterocycles. The number of hydrogen-bond acceptors (Lipinski definition) is 4. The molecule has 4 rings (SSSR count). The SMILES string of the molecule is CC1=C[C@@H]2[C@H]([C@H](C)CI)CC3(C[C@@H]2[C@H]([C@H](CS(=O)(=O)c2ccc(C)cc2)C(C)C)C1)OCCO3. The fourth-order valence-electron chi connectivity index (χ4n) is 6.80. The first kappa shape index (κ1) is 26.6. The fourth-order valence-corrected chi connectivity index (χ4v) is 9.33. The maximum Gasteiger partial charge on any atom is 0.178 e. The summed E-state index contributed by atoms with van der Waals surface area (Å²) in [6, 6.07) is 7.34. The number of sulfone groups is 1. The largest absolute Gasteiger partial charge is 0.348 e. The van der Waals surface area contributed by atoms with Crippen LogP contribution >= 0.6 is 22.6 Å². The highest BCUT2D eigenvalue weighted by atomic mass is 127. The third-order valence-electron chi connectivity index (χ3n) is 8.65. The van der Waals surface area contributed by atoms with Crippen molar-refractivity contribution < 1.29 is 17.9 Å². The van der Waals surface area contributed by atoms with Crippen LogP contribution in [-0.2, 0) is 19.3 Å². The average molecular weight is 601 g/mol. The van der Waals surface area contributed by atoms with E-state index in [1.807, 2.05) is 19.1 Å². The summed E-state index contributed by atoms with van der Waals surface area (Å²) in [5.41, 5.74) is 2.49. The molecule has 2 aliphatic carbocycles. The molecule has 0 aromatic heterocycles. The Kier molecular flexibility index (Phi) is 8.22. The third kappa shape index (κ3) is 5.45. The van der Waals surface area contributed by atoms with E-state index < -0.39 is 15.6 Å². The Morgan fingerprint density at radius 1 is 1.03 bits per heavy atom. The van der Waals surface area contributed by atoms with Crippen molar-refractivity contribution in [3.63, 3.8) is 0 Å². The monoisotopic (exact) mass is 600 g/mol. The molecule has 0 radical (unpaired) electrons. The van der Waals surface area contributed by atoms with E-state index in [-0.39, 0.29) is 17.6 Å². The minimum absolute atomic E-state index is 0.0922. The molecular formula is C28H41IO4S. The Morgan fingerprint density at radius 3 is 2.26 bits per heavy atom. The summed E-state index contributed by atoms with van der Waals surface area (Å²) in [5.74, 6) is 2.30. The molecule has 1 aromatic carbocycles. The van der Waals surface area contributed by atoms with Crippen molar-refractivity contribution in [2.75, 3.05) is 23.4 Å². The standard InChI is InChI=1S/C28H41IO4S/c1-18(2)27(17-34(30,31)22-8-6-19(3)7-9-22)24-13-20(4)12-23-25(21(5)16-29)14-28(15-26(23)24)32-10-11-33-28/h6-9,12,18,21,23-27H,10-11,13-17H2,1-5H3/t21-,23-,24-,25+,26+,27-/m1/s1. The van der Waals surface area contributed by atoms with Crippen LogP contribution in [-0.4, -0.2) is 37.6 Å². The number of halogens is 1. The van der Waals surface area contributed by atoms with E-state index in [0.717, 1.165) is 29.3 Å². The van der Waals surface area contributed by atoms with Crippen molar-refractivity contribution in [2.45, 2.75) is 64.6 Å². The summed E-state index contributed by atoms with van der Waals surface area (Å²) >= 11 is 2.51. The van der Waals surface area contributed by atoms with Crippen LogP contribution in [0.4, 0.5) is 0 Å². The zero-order valence-electron chi connectivity index (χ0n) is 21.3. The summed E-state index contributed by atoms with van der Waals surface area (Å²) in [4.78, 5) is 0.447. The maximum atomic E-state index is 13.5. The van der Waals surface area contributed by atoms with E-state index in [9.17, 15) is 8.42 Å². The molecule has 0 amide bonds. The van der Waals surface area contributed by atoms with Gasteiger partial charge in [-0.05, 0) is 73.8 Å². The van der Waals surface area contributed by atoms with E-state index in [0.29, 0.717) is 47.7 Å². The van der Waals surface area contributed by atoms with Gasteiger partial charge >= 0.3 is 0 Å². The second-order valence-corrected chi connectivity index (χ2v) is 14.4. The number of fused-ring (bicyclic) bond motifs is 1. The van der Waals surface area contributed by atoms with Crippen LogP contribution in [0.3, 0.4) is 0 Å². The van der Waals surface area contributed by atoms with E-state index in [1.165, 1.54) is 5.57 Å². The van der Waals surface area contributed by atoms with Gasteiger partial charge in [0.15, 0.2) is 15.6 Å². The lowest BCUT2D eigenvalue weighted by atomic mass is 9.56. The molecule has 4 nitrogen and oxygen atoms in total. The molecular weight excluding hydrogens is 559 g/mol. The van der Waals surface area contributed by atoms with Crippen LogP contribution in [0, 0.1) is 48.3 Å². The Balaban J connectivity index is 1.69. The van der Waals surface area contributed by atoms with Crippen LogP contribution < -0.4 is 0 Å². The number of hydrogen-bond donors (Lipinski definition) is 0. The van der Waals surface area contributed by atoms with Gasteiger partial charge in [-0.15, -0.1) is 0 Å². The predicted molar refractivity (Wildman–Crippen MR) is 146 cm³/mol.